The quantitative estimate of drug-likeness (QED) is 0.288. The number of allylic oxidation sites excluding steroid dienone is 2. The number of thioether (sulfide) groups is 1. The van der Waals surface area contributed by atoms with Crippen LogP contribution in [0.4, 0.5) is 0 Å². The third-order valence-electron chi connectivity index (χ3n) is 15.8. The van der Waals surface area contributed by atoms with Crippen LogP contribution in [0.1, 0.15) is 121 Å². The Balaban J connectivity index is 0.976. The molecule has 1 aromatic rings. The van der Waals surface area contributed by atoms with E-state index in [0.717, 1.165) is 30.1 Å². The summed E-state index contributed by atoms with van der Waals surface area (Å²) in [6.45, 7) is 15.3. The molecule has 6 fully saturated rings. The number of hydrogen-bond acceptors (Lipinski definition) is 6. The molecule has 1 saturated heterocycles. The highest BCUT2D eigenvalue weighted by Gasteiger charge is 2.65. The number of carbonyl (C=O) groups excluding carboxylic acids is 1. The maximum Gasteiger partial charge on any atom is 0.264 e. The molecular weight excluding hydrogens is 647 g/mol. The fourth-order valence-electron chi connectivity index (χ4n) is 13.4. The number of fused-ring (bicyclic) bond motifs is 7. The number of nitrogens with one attached hydrogen (secondary N) is 2. The molecule has 1 amide bonds. The van der Waals surface area contributed by atoms with Gasteiger partial charge in [-0.15, -0.1) is 0 Å². The molecule has 8 rings (SSSR count). The van der Waals surface area contributed by atoms with Crippen LogP contribution in [0.3, 0.4) is 0 Å². The number of amides is 1. The first kappa shape index (κ1) is 34.7. The fraction of sp³-hybridized carbons (Fsp3) is 0.780. The number of nitrogens with zero attached hydrogens (tertiary/aromatic N) is 1. The Hall–Kier alpha value is -1.35. The lowest BCUT2D eigenvalue weighted by molar-refractivity contribution is -0.172. The van der Waals surface area contributed by atoms with Crippen LogP contribution in [0.15, 0.2) is 30.3 Å². The van der Waals surface area contributed by atoms with E-state index < -0.39 is 21.2 Å². The van der Waals surface area contributed by atoms with Gasteiger partial charge >= 0.3 is 0 Å². The Morgan fingerprint density at radius 3 is 2.35 bits per heavy atom. The molecule has 8 unspecified atom stereocenters. The molecule has 7 aliphatic rings. The molecule has 0 spiro atoms. The van der Waals surface area contributed by atoms with Gasteiger partial charge in [0.1, 0.15) is 0 Å². The topological polar surface area (TPSA) is 78.5 Å². The fourth-order valence-corrected chi connectivity index (χ4v) is 15.6. The van der Waals surface area contributed by atoms with Gasteiger partial charge in [-0.2, -0.15) is 11.8 Å². The second-order valence-electron chi connectivity index (χ2n) is 18.4. The van der Waals surface area contributed by atoms with E-state index in [1.807, 2.05) is 24.3 Å². The zero-order valence-electron chi connectivity index (χ0n) is 30.6. The van der Waals surface area contributed by atoms with Gasteiger partial charge in [-0.1, -0.05) is 52.3 Å². The van der Waals surface area contributed by atoms with Gasteiger partial charge in [-0.3, -0.25) is 4.79 Å². The number of carbonyl (C=O) groups is 1. The molecule has 5 saturated carbocycles. The van der Waals surface area contributed by atoms with Gasteiger partial charge < -0.3 is 10.2 Å². The standard InChI is InChI=1S/C41H61N3O3S2/c1-38(2)32(28-7-9-29(10-8-28)37(45)43-49(46,47)30-11-12-30)15-19-40(4)35(38)17-20-39(3)33-16-21-41(42-22-23-44-24-26-48-27-25-44)18-5-6-34(41)31(33)13-14-36(39)40/h7-10,15,30-31,33-36,42H,5-6,11-14,16-27H2,1-4H3,(H,43,45). The van der Waals surface area contributed by atoms with Crippen molar-refractivity contribution < 1.29 is 13.2 Å². The minimum atomic E-state index is -3.56. The van der Waals surface area contributed by atoms with Crippen molar-refractivity contribution in [1.82, 2.24) is 14.9 Å². The van der Waals surface area contributed by atoms with Gasteiger partial charge in [0, 0.05) is 48.8 Å². The van der Waals surface area contributed by atoms with Crippen molar-refractivity contribution in [3.8, 4) is 0 Å². The van der Waals surface area contributed by atoms with Gasteiger partial charge in [0.25, 0.3) is 5.91 Å². The normalized spacial score (nSPS) is 40.3. The second-order valence-corrected chi connectivity index (χ2v) is 21.6. The molecule has 0 radical (unpaired) electrons. The lowest BCUT2D eigenvalue weighted by Crippen LogP contribution is -2.63. The average molecular weight is 708 g/mol. The molecule has 49 heavy (non-hydrogen) atoms. The largest absolute Gasteiger partial charge is 0.310 e. The Bertz CT molecular complexity index is 1560. The summed E-state index contributed by atoms with van der Waals surface area (Å²) in [6, 6.07) is 7.71. The maximum absolute atomic E-state index is 12.8. The lowest BCUT2D eigenvalue weighted by atomic mass is 9.37. The summed E-state index contributed by atoms with van der Waals surface area (Å²) in [5, 5.41) is 3.86. The Morgan fingerprint density at radius 2 is 1.61 bits per heavy atom. The highest BCUT2D eigenvalue weighted by molar-refractivity contribution is 7.99. The summed E-state index contributed by atoms with van der Waals surface area (Å²) in [5.74, 6) is 6.06. The summed E-state index contributed by atoms with van der Waals surface area (Å²) < 4.78 is 27.0. The molecule has 0 aromatic heterocycles. The van der Waals surface area contributed by atoms with E-state index in [2.05, 4.69) is 60.5 Å². The summed E-state index contributed by atoms with van der Waals surface area (Å²) in [6.07, 6.45) is 17.4. The maximum atomic E-state index is 12.8. The monoisotopic (exact) mass is 707 g/mol. The molecule has 1 aromatic carbocycles. The number of rotatable bonds is 8. The van der Waals surface area contributed by atoms with Crippen LogP contribution in [0.2, 0.25) is 0 Å². The predicted octanol–water partition coefficient (Wildman–Crippen LogP) is 7.76. The number of sulfonamides is 1. The van der Waals surface area contributed by atoms with Crippen LogP contribution < -0.4 is 10.0 Å². The zero-order valence-corrected chi connectivity index (χ0v) is 32.2. The van der Waals surface area contributed by atoms with Crippen LogP contribution >= 0.6 is 11.8 Å². The Labute approximate surface area is 300 Å². The van der Waals surface area contributed by atoms with Crippen molar-refractivity contribution in [3.63, 3.8) is 0 Å². The first-order valence-corrected chi connectivity index (χ1v) is 22.5. The predicted molar refractivity (Wildman–Crippen MR) is 202 cm³/mol. The highest BCUT2D eigenvalue weighted by Crippen LogP contribution is 2.72. The molecule has 8 atom stereocenters. The molecule has 0 bridgehead atoms. The minimum Gasteiger partial charge on any atom is -0.310 e. The van der Waals surface area contributed by atoms with E-state index in [9.17, 15) is 13.2 Å². The van der Waals surface area contributed by atoms with Crippen LogP contribution in [0.25, 0.3) is 5.57 Å². The van der Waals surface area contributed by atoms with Crippen molar-refractivity contribution in [2.24, 2.45) is 45.8 Å². The summed E-state index contributed by atoms with van der Waals surface area (Å²) in [7, 11) is -3.56. The number of hydrogen-bond donors (Lipinski definition) is 2. The Kier molecular flexibility index (Phi) is 8.97. The van der Waals surface area contributed by atoms with Gasteiger partial charge in [0.15, 0.2) is 0 Å². The molecular formula is C41H61N3O3S2. The van der Waals surface area contributed by atoms with Crippen LogP contribution in [-0.2, 0) is 10.0 Å². The van der Waals surface area contributed by atoms with Gasteiger partial charge in [-0.05, 0) is 140 Å². The molecule has 6 aliphatic carbocycles. The van der Waals surface area contributed by atoms with E-state index >= 15 is 0 Å². The first-order valence-electron chi connectivity index (χ1n) is 19.8. The van der Waals surface area contributed by atoms with Crippen molar-refractivity contribution in [1.29, 1.82) is 0 Å². The minimum absolute atomic E-state index is 0.0222. The van der Waals surface area contributed by atoms with Crippen molar-refractivity contribution in [3.05, 3.63) is 41.5 Å². The third-order valence-corrected chi connectivity index (χ3v) is 18.5. The zero-order chi connectivity index (χ0) is 34.2. The molecule has 6 nitrogen and oxygen atoms in total. The van der Waals surface area contributed by atoms with E-state index in [0.29, 0.717) is 35.3 Å². The highest BCUT2D eigenvalue weighted by atomic mass is 32.2. The van der Waals surface area contributed by atoms with E-state index in [4.69, 9.17) is 0 Å². The average Bonchev–Trinajstić information content (AvgIpc) is 3.85. The van der Waals surface area contributed by atoms with Gasteiger partial charge in [0.05, 0.1) is 5.25 Å². The molecule has 2 N–H and O–H groups in total. The summed E-state index contributed by atoms with van der Waals surface area (Å²) >= 11 is 2.11. The van der Waals surface area contributed by atoms with Crippen molar-refractivity contribution in [2.75, 3.05) is 37.7 Å². The smallest absolute Gasteiger partial charge is 0.264 e. The van der Waals surface area contributed by atoms with Crippen LogP contribution in [0, 0.1) is 45.8 Å². The van der Waals surface area contributed by atoms with Crippen LogP contribution in [0.5, 0.6) is 0 Å². The molecule has 270 valence electrons. The lowest BCUT2D eigenvalue weighted by Gasteiger charge is -2.68. The Morgan fingerprint density at radius 1 is 0.857 bits per heavy atom. The van der Waals surface area contributed by atoms with Crippen LogP contribution in [-0.4, -0.2) is 67.7 Å². The summed E-state index contributed by atoms with van der Waals surface area (Å²) in [5.41, 5.74) is 4.10. The third kappa shape index (κ3) is 5.89. The van der Waals surface area contributed by atoms with Gasteiger partial charge in [-0.25, -0.2) is 13.1 Å². The molecule has 1 aliphatic heterocycles. The second kappa shape index (κ2) is 12.7. The van der Waals surface area contributed by atoms with E-state index in [1.54, 1.807) is 0 Å². The van der Waals surface area contributed by atoms with E-state index in [1.165, 1.54) is 107 Å². The van der Waals surface area contributed by atoms with E-state index in [-0.39, 0.29) is 10.8 Å². The van der Waals surface area contributed by atoms with Crippen molar-refractivity contribution in [2.45, 2.75) is 116 Å². The van der Waals surface area contributed by atoms with Gasteiger partial charge in [0.2, 0.25) is 10.0 Å². The number of benzene rings is 1. The SMILES string of the molecule is CC1(C)C(c2ccc(C(=O)NS(=O)(=O)C3CC3)cc2)=CCC2(C)C1CCC1(C)C3CCC4(NCCN5CCSCC5)CCCC4C3CCC12. The van der Waals surface area contributed by atoms with Crippen molar-refractivity contribution >= 4 is 33.3 Å². The molecule has 1 heterocycles. The summed E-state index contributed by atoms with van der Waals surface area (Å²) in [4.78, 5) is 15.5. The first-order chi connectivity index (χ1) is 23.4. The molecule has 8 heteroatoms.